The first-order valence-corrected chi connectivity index (χ1v) is 5.22. The highest BCUT2D eigenvalue weighted by molar-refractivity contribution is 5.89. The van der Waals surface area contributed by atoms with Crippen molar-refractivity contribution < 1.29 is 23.1 Å². The van der Waals surface area contributed by atoms with E-state index in [0.29, 0.717) is 11.3 Å². The van der Waals surface area contributed by atoms with Gasteiger partial charge in [0.05, 0.1) is 0 Å². The molecule has 0 aliphatic rings. The summed E-state index contributed by atoms with van der Waals surface area (Å²) in [4.78, 5) is 11.1. The van der Waals surface area contributed by atoms with Crippen LogP contribution in [0.1, 0.15) is 5.56 Å². The second-order valence-corrected chi connectivity index (χ2v) is 3.46. The molecule has 0 fully saturated rings. The van der Waals surface area contributed by atoms with Gasteiger partial charge in [-0.25, -0.2) is 4.79 Å². The lowest BCUT2D eigenvalue weighted by Gasteiger charge is -2.09. The van der Waals surface area contributed by atoms with Crippen LogP contribution >= 0.6 is 0 Å². The SMILES string of the molecule is O=C(NCC(F)(F)F)Nc1ccc(C#CCO)cc1. The number of aliphatic hydroxyl groups is 1. The number of benzene rings is 1. The van der Waals surface area contributed by atoms with E-state index in [1.165, 1.54) is 12.1 Å². The summed E-state index contributed by atoms with van der Waals surface area (Å²) >= 11 is 0. The molecule has 0 saturated heterocycles. The van der Waals surface area contributed by atoms with Crippen molar-refractivity contribution in [1.29, 1.82) is 0 Å². The molecule has 0 heterocycles. The Balaban J connectivity index is 2.51. The molecule has 0 saturated carbocycles. The minimum absolute atomic E-state index is 0.264. The topological polar surface area (TPSA) is 61.4 Å². The zero-order chi connectivity index (χ0) is 14.3. The third-order valence-electron chi connectivity index (χ3n) is 1.90. The Morgan fingerprint density at radius 2 is 1.89 bits per heavy atom. The Labute approximate surface area is 107 Å². The van der Waals surface area contributed by atoms with Crippen molar-refractivity contribution in [2.75, 3.05) is 18.5 Å². The number of rotatable bonds is 2. The highest BCUT2D eigenvalue weighted by Gasteiger charge is 2.27. The summed E-state index contributed by atoms with van der Waals surface area (Å²) in [6.07, 6.45) is -4.44. The van der Waals surface area contributed by atoms with Crippen LogP contribution in [-0.4, -0.2) is 30.5 Å². The molecule has 1 aromatic carbocycles. The van der Waals surface area contributed by atoms with Gasteiger partial charge in [-0.05, 0) is 24.3 Å². The van der Waals surface area contributed by atoms with Crippen LogP contribution in [0.4, 0.5) is 23.7 Å². The van der Waals surface area contributed by atoms with Gasteiger partial charge >= 0.3 is 12.2 Å². The summed E-state index contributed by atoms with van der Waals surface area (Å²) in [5.41, 5.74) is 0.963. The van der Waals surface area contributed by atoms with Gasteiger partial charge in [-0.3, -0.25) is 0 Å². The van der Waals surface area contributed by atoms with E-state index in [1.807, 2.05) is 0 Å². The molecule has 0 bridgehead atoms. The van der Waals surface area contributed by atoms with Gasteiger partial charge in [-0.2, -0.15) is 13.2 Å². The molecule has 3 N–H and O–H groups in total. The van der Waals surface area contributed by atoms with E-state index in [0.717, 1.165) is 0 Å². The maximum atomic E-state index is 11.8. The van der Waals surface area contributed by atoms with Crippen molar-refractivity contribution in [1.82, 2.24) is 5.32 Å². The Morgan fingerprint density at radius 1 is 1.26 bits per heavy atom. The molecule has 2 amide bonds. The van der Waals surface area contributed by atoms with Crippen molar-refractivity contribution >= 4 is 11.7 Å². The van der Waals surface area contributed by atoms with Gasteiger partial charge in [-0.15, -0.1) is 0 Å². The molecule has 0 aliphatic heterocycles. The van der Waals surface area contributed by atoms with Crippen molar-refractivity contribution in [2.24, 2.45) is 0 Å². The molecular formula is C12H11F3N2O2. The number of carbonyl (C=O) groups excluding carboxylic acids is 1. The number of anilines is 1. The number of aliphatic hydroxyl groups excluding tert-OH is 1. The van der Waals surface area contributed by atoms with Crippen LogP contribution in [-0.2, 0) is 0 Å². The summed E-state index contributed by atoms with van der Waals surface area (Å²) in [6.45, 7) is -1.65. The Hall–Kier alpha value is -2.20. The van der Waals surface area contributed by atoms with Gasteiger partial charge in [0, 0.05) is 11.3 Å². The third kappa shape index (κ3) is 6.33. The predicted octanol–water partition coefficient (Wildman–Crippen LogP) is 1.71. The van der Waals surface area contributed by atoms with Crippen molar-refractivity contribution in [2.45, 2.75) is 6.18 Å². The molecule has 19 heavy (non-hydrogen) atoms. The van der Waals surface area contributed by atoms with E-state index in [9.17, 15) is 18.0 Å². The van der Waals surface area contributed by atoms with E-state index in [2.05, 4.69) is 17.2 Å². The van der Waals surface area contributed by atoms with E-state index in [4.69, 9.17) is 5.11 Å². The third-order valence-corrected chi connectivity index (χ3v) is 1.90. The van der Waals surface area contributed by atoms with Gasteiger partial charge in [0.1, 0.15) is 13.2 Å². The van der Waals surface area contributed by atoms with Crippen LogP contribution in [0, 0.1) is 11.8 Å². The smallest absolute Gasteiger partial charge is 0.384 e. The molecule has 102 valence electrons. The number of nitrogens with one attached hydrogen (secondary N) is 2. The summed E-state index contributed by atoms with van der Waals surface area (Å²) < 4.78 is 35.5. The number of urea groups is 1. The Bertz CT molecular complexity index is 486. The van der Waals surface area contributed by atoms with Crippen molar-refractivity contribution in [3.63, 3.8) is 0 Å². The quantitative estimate of drug-likeness (QED) is 0.718. The van der Waals surface area contributed by atoms with Gasteiger partial charge in [0.2, 0.25) is 0 Å². The number of hydrogen-bond donors (Lipinski definition) is 3. The molecule has 4 nitrogen and oxygen atoms in total. The van der Waals surface area contributed by atoms with Crippen molar-refractivity contribution in [3.05, 3.63) is 29.8 Å². The van der Waals surface area contributed by atoms with Crippen LogP contribution in [0.15, 0.2) is 24.3 Å². The largest absolute Gasteiger partial charge is 0.405 e. The summed E-state index contributed by atoms with van der Waals surface area (Å²) in [5, 5.41) is 12.4. The van der Waals surface area contributed by atoms with Crippen LogP contribution in [0.5, 0.6) is 0 Å². The predicted molar refractivity (Wildman–Crippen MR) is 63.5 cm³/mol. The molecule has 0 unspecified atom stereocenters. The van der Waals surface area contributed by atoms with Gasteiger partial charge in [-0.1, -0.05) is 11.8 Å². The van der Waals surface area contributed by atoms with Gasteiger partial charge in [0.15, 0.2) is 0 Å². The molecular weight excluding hydrogens is 261 g/mol. The molecule has 7 heteroatoms. The molecule has 0 atom stereocenters. The average Bonchev–Trinajstić information content (AvgIpc) is 2.35. The monoisotopic (exact) mass is 272 g/mol. The number of amides is 2. The lowest BCUT2D eigenvalue weighted by Crippen LogP contribution is -2.36. The van der Waals surface area contributed by atoms with E-state index in [1.54, 1.807) is 17.4 Å². The number of hydrogen-bond acceptors (Lipinski definition) is 2. The maximum Gasteiger partial charge on any atom is 0.405 e. The highest BCUT2D eigenvalue weighted by atomic mass is 19.4. The van der Waals surface area contributed by atoms with Gasteiger partial charge < -0.3 is 15.7 Å². The Kier molecular flexibility index (Phi) is 5.21. The van der Waals surface area contributed by atoms with Crippen LogP contribution in [0.3, 0.4) is 0 Å². The van der Waals surface area contributed by atoms with E-state index in [-0.39, 0.29) is 6.61 Å². The fourth-order valence-electron chi connectivity index (χ4n) is 1.13. The number of halogens is 3. The maximum absolute atomic E-state index is 11.8. The second-order valence-electron chi connectivity index (χ2n) is 3.46. The molecule has 1 aromatic rings. The highest BCUT2D eigenvalue weighted by Crippen LogP contribution is 2.12. The van der Waals surface area contributed by atoms with E-state index >= 15 is 0 Å². The minimum atomic E-state index is -4.44. The summed E-state index contributed by atoms with van der Waals surface area (Å²) in [6, 6.07) is 5.19. The summed E-state index contributed by atoms with van der Waals surface area (Å²) in [7, 11) is 0. The number of carbonyl (C=O) groups is 1. The average molecular weight is 272 g/mol. The molecule has 1 rings (SSSR count). The lowest BCUT2D eigenvalue weighted by atomic mass is 10.2. The van der Waals surface area contributed by atoms with Crippen molar-refractivity contribution in [3.8, 4) is 11.8 Å². The normalized spacial score (nSPS) is 10.3. The minimum Gasteiger partial charge on any atom is -0.384 e. The zero-order valence-electron chi connectivity index (χ0n) is 9.71. The number of alkyl halides is 3. The first kappa shape index (κ1) is 14.9. The fraction of sp³-hybridized carbons (Fsp3) is 0.250. The van der Waals surface area contributed by atoms with Gasteiger partial charge in [0.25, 0.3) is 0 Å². The standard InChI is InChI=1S/C12H11F3N2O2/c13-12(14,15)8-16-11(19)17-10-5-3-9(4-6-10)2-1-7-18/h3-6,18H,7-8H2,(H2,16,17,19). The van der Waals surface area contributed by atoms with Crippen LogP contribution in [0.25, 0.3) is 0 Å². The summed E-state index contributed by atoms with van der Waals surface area (Å²) in [5.74, 6) is 5.09. The lowest BCUT2D eigenvalue weighted by molar-refractivity contribution is -0.122. The first-order chi connectivity index (χ1) is 8.90. The first-order valence-electron chi connectivity index (χ1n) is 5.22. The zero-order valence-corrected chi connectivity index (χ0v) is 9.71. The molecule has 0 radical (unpaired) electrons. The van der Waals surface area contributed by atoms with E-state index < -0.39 is 18.8 Å². The molecule has 0 spiro atoms. The fourth-order valence-corrected chi connectivity index (χ4v) is 1.13. The molecule has 0 aromatic heterocycles. The molecule has 0 aliphatic carbocycles. The Morgan fingerprint density at radius 3 is 2.42 bits per heavy atom. The second kappa shape index (κ2) is 6.66. The van der Waals surface area contributed by atoms with Crippen LogP contribution < -0.4 is 10.6 Å². The van der Waals surface area contributed by atoms with Crippen LogP contribution in [0.2, 0.25) is 0 Å².